The molecule has 1 rings (SSSR count). The number of halogens is 4. The van der Waals surface area contributed by atoms with Gasteiger partial charge in [0.1, 0.15) is 12.4 Å². The first-order valence-electron chi connectivity index (χ1n) is 3.56. The molecule has 6 heteroatoms. The van der Waals surface area contributed by atoms with E-state index in [2.05, 4.69) is 31.9 Å². The van der Waals surface area contributed by atoms with Gasteiger partial charge in [-0.3, -0.25) is 0 Å². The maximum Gasteiger partial charge on any atom is 0.135 e. The zero-order valence-electron chi connectivity index (χ0n) is 7.01. The quantitative estimate of drug-likeness (QED) is 0.860. The normalized spacial score (nSPS) is 12.0. The van der Waals surface area contributed by atoms with Crippen LogP contribution in [0.3, 0.4) is 0 Å². The molecule has 0 fully saturated rings. The van der Waals surface area contributed by atoms with Crippen molar-refractivity contribution in [3.63, 3.8) is 0 Å². The minimum absolute atomic E-state index is 0. The van der Waals surface area contributed by atoms with Crippen LogP contribution in [-0.4, -0.2) is 11.8 Å². The van der Waals surface area contributed by atoms with Crippen molar-refractivity contribution < 1.29 is 9.50 Å². The number of phenols is 1. The maximum atomic E-state index is 12.3. The van der Waals surface area contributed by atoms with E-state index in [0.29, 0.717) is 14.5 Å². The Hall–Kier alpha value is 0.160. The molecule has 1 atom stereocenters. The zero-order valence-corrected chi connectivity index (χ0v) is 11.0. The van der Waals surface area contributed by atoms with Gasteiger partial charge in [-0.25, -0.2) is 4.39 Å². The lowest BCUT2D eigenvalue weighted by molar-refractivity contribution is 0.412. The van der Waals surface area contributed by atoms with Crippen LogP contribution < -0.4 is 5.73 Å². The van der Waals surface area contributed by atoms with Crippen molar-refractivity contribution in [3.05, 3.63) is 26.6 Å². The van der Waals surface area contributed by atoms with Crippen LogP contribution in [0.2, 0.25) is 0 Å². The fourth-order valence-corrected chi connectivity index (χ4v) is 1.95. The summed E-state index contributed by atoms with van der Waals surface area (Å²) in [6.45, 7) is -0.706. The topological polar surface area (TPSA) is 46.2 Å². The third-order valence-corrected chi connectivity index (χ3v) is 2.98. The van der Waals surface area contributed by atoms with Gasteiger partial charge in [-0.2, -0.15) is 0 Å². The number of alkyl halides is 1. The molecule has 0 aliphatic carbocycles. The second-order valence-electron chi connectivity index (χ2n) is 2.55. The third-order valence-electron chi connectivity index (χ3n) is 1.65. The van der Waals surface area contributed by atoms with Crippen LogP contribution in [0.15, 0.2) is 21.1 Å². The Labute approximate surface area is 104 Å². The molecular weight excluding hydrogens is 340 g/mol. The lowest BCUT2D eigenvalue weighted by Crippen LogP contribution is -2.13. The molecule has 0 radical (unpaired) electrons. The molecule has 0 unspecified atom stereocenters. The van der Waals surface area contributed by atoms with Crippen molar-refractivity contribution in [1.29, 1.82) is 0 Å². The summed E-state index contributed by atoms with van der Waals surface area (Å²) in [6, 6.07) is 2.56. The Morgan fingerprint density at radius 3 is 2.36 bits per heavy atom. The summed E-state index contributed by atoms with van der Waals surface area (Å²) in [5.41, 5.74) is 5.86. The van der Waals surface area contributed by atoms with E-state index >= 15 is 0 Å². The SMILES string of the molecule is Cl.N[C@H](CF)c1c(Br)ccc(Br)c1O. The standard InChI is InChI=1S/C8H8Br2FNO.ClH/c9-4-1-2-5(10)8(13)7(4)6(12)3-11;/h1-2,6,13H,3,12H2;1H/t6-;/m1./s1. The van der Waals surface area contributed by atoms with E-state index in [1.807, 2.05) is 0 Å². The van der Waals surface area contributed by atoms with Crippen LogP contribution in [0.25, 0.3) is 0 Å². The van der Waals surface area contributed by atoms with Crippen LogP contribution in [0, 0.1) is 0 Å². The van der Waals surface area contributed by atoms with Crippen molar-refractivity contribution in [1.82, 2.24) is 0 Å². The van der Waals surface area contributed by atoms with Gasteiger partial charge in [-0.05, 0) is 28.1 Å². The molecular formula is C8H9Br2ClFNO. The highest BCUT2D eigenvalue weighted by Gasteiger charge is 2.16. The van der Waals surface area contributed by atoms with Gasteiger partial charge in [-0.1, -0.05) is 15.9 Å². The number of benzene rings is 1. The van der Waals surface area contributed by atoms with Crippen LogP contribution >= 0.6 is 44.3 Å². The molecule has 0 saturated carbocycles. The Bertz CT molecular complexity index is 324. The summed E-state index contributed by atoms with van der Waals surface area (Å²) in [5, 5.41) is 9.56. The fraction of sp³-hybridized carbons (Fsp3) is 0.250. The number of hydrogen-bond acceptors (Lipinski definition) is 2. The molecule has 0 heterocycles. The molecule has 80 valence electrons. The monoisotopic (exact) mass is 347 g/mol. The fourth-order valence-electron chi connectivity index (χ4n) is 0.987. The van der Waals surface area contributed by atoms with E-state index < -0.39 is 12.7 Å². The van der Waals surface area contributed by atoms with E-state index in [9.17, 15) is 9.50 Å². The van der Waals surface area contributed by atoms with Gasteiger partial charge >= 0.3 is 0 Å². The van der Waals surface area contributed by atoms with Crippen molar-refractivity contribution in [2.75, 3.05) is 6.67 Å². The first-order valence-corrected chi connectivity index (χ1v) is 5.15. The Balaban J connectivity index is 0.00000169. The van der Waals surface area contributed by atoms with Gasteiger partial charge in [-0.15, -0.1) is 12.4 Å². The minimum atomic E-state index is -0.799. The molecule has 1 aromatic carbocycles. The molecule has 0 saturated heterocycles. The zero-order chi connectivity index (χ0) is 10.0. The lowest BCUT2D eigenvalue weighted by Gasteiger charge is -2.12. The highest BCUT2D eigenvalue weighted by molar-refractivity contribution is 9.11. The number of hydrogen-bond donors (Lipinski definition) is 2. The summed E-state index contributed by atoms with van der Waals surface area (Å²) in [5.74, 6) is -0.0143. The van der Waals surface area contributed by atoms with Crippen molar-refractivity contribution in [2.45, 2.75) is 6.04 Å². The van der Waals surface area contributed by atoms with Gasteiger partial charge in [0.2, 0.25) is 0 Å². The van der Waals surface area contributed by atoms with Gasteiger partial charge in [0, 0.05) is 10.0 Å². The molecule has 1 aromatic rings. The largest absolute Gasteiger partial charge is 0.506 e. The molecule has 2 nitrogen and oxygen atoms in total. The van der Waals surface area contributed by atoms with Crippen LogP contribution in [0.1, 0.15) is 11.6 Å². The molecule has 0 aliphatic rings. The number of phenolic OH excluding ortho intramolecular Hbond substituents is 1. The summed E-state index contributed by atoms with van der Waals surface area (Å²) >= 11 is 6.32. The Morgan fingerprint density at radius 1 is 1.36 bits per heavy atom. The predicted octanol–water partition coefficient (Wildman–Crippen LogP) is 3.31. The minimum Gasteiger partial charge on any atom is -0.506 e. The average molecular weight is 349 g/mol. The molecule has 0 amide bonds. The van der Waals surface area contributed by atoms with Gasteiger partial charge < -0.3 is 10.8 Å². The van der Waals surface area contributed by atoms with Crippen LogP contribution in [0.4, 0.5) is 4.39 Å². The number of rotatable bonds is 2. The molecule has 0 aliphatic heterocycles. The van der Waals surface area contributed by atoms with Gasteiger partial charge in [0.05, 0.1) is 10.5 Å². The molecule has 14 heavy (non-hydrogen) atoms. The highest BCUT2D eigenvalue weighted by atomic mass is 79.9. The van der Waals surface area contributed by atoms with Crippen LogP contribution in [0.5, 0.6) is 5.75 Å². The van der Waals surface area contributed by atoms with E-state index in [1.165, 1.54) is 0 Å². The molecule has 0 bridgehead atoms. The van der Waals surface area contributed by atoms with E-state index in [-0.39, 0.29) is 18.2 Å². The molecule has 3 N–H and O–H groups in total. The average Bonchev–Trinajstić information content (AvgIpc) is 2.12. The van der Waals surface area contributed by atoms with Gasteiger partial charge in [0.15, 0.2) is 0 Å². The van der Waals surface area contributed by atoms with E-state index in [4.69, 9.17) is 5.73 Å². The summed E-state index contributed by atoms with van der Waals surface area (Å²) in [6.07, 6.45) is 0. The summed E-state index contributed by atoms with van der Waals surface area (Å²) in [7, 11) is 0. The van der Waals surface area contributed by atoms with Crippen molar-refractivity contribution in [3.8, 4) is 5.75 Å². The van der Waals surface area contributed by atoms with Crippen molar-refractivity contribution >= 4 is 44.3 Å². The second kappa shape index (κ2) is 5.90. The summed E-state index contributed by atoms with van der Waals surface area (Å²) < 4.78 is 13.4. The predicted molar refractivity (Wildman–Crippen MR) is 63.7 cm³/mol. The first kappa shape index (κ1) is 14.2. The first-order chi connectivity index (χ1) is 6.07. The van der Waals surface area contributed by atoms with Crippen LogP contribution in [-0.2, 0) is 0 Å². The Kier molecular flexibility index (Phi) is 5.97. The Morgan fingerprint density at radius 2 is 1.86 bits per heavy atom. The molecule has 0 aromatic heterocycles. The van der Waals surface area contributed by atoms with Crippen molar-refractivity contribution in [2.24, 2.45) is 5.73 Å². The number of nitrogens with two attached hydrogens (primary N) is 1. The molecule has 0 spiro atoms. The lowest BCUT2D eigenvalue weighted by atomic mass is 10.1. The smallest absolute Gasteiger partial charge is 0.135 e. The summed E-state index contributed by atoms with van der Waals surface area (Å²) in [4.78, 5) is 0. The third kappa shape index (κ3) is 2.82. The highest BCUT2D eigenvalue weighted by Crippen LogP contribution is 2.36. The van der Waals surface area contributed by atoms with Gasteiger partial charge in [0.25, 0.3) is 0 Å². The number of aromatic hydroxyl groups is 1. The second-order valence-corrected chi connectivity index (χ2v) is 4.26. The maximum absolute atomic E-state index is 12.3. The van der Waals surface area contributed by atoms with E-state index in [0.717, 1.165) is 0 Å². The van der Waals surface area contributed by atoms with E-state index in [1.54, 1.807) is 12.1 Å².